The van der Waals surface area contributed by atoms with E-state index in [0.29, 0.717) is 11.7 Å². The average molecular weight is 245 g/mol. The first kappa shape index (κ1) is 11.2. The van der Waals surface area contributed by atoms with E-state index in [9.17, 15) is 0 Å². The van der Waals surface area contributed by atoms with Crippen LogP contribution in [0, 0.1) is 6.92 Å². The molecule has 94 valence electrons. The van der Waals surface area contributed by atoms with E-state index in [1.165, 1.54) is 5.69 Å². The molecule has 0 spiro atoms. The minimum atomic E-state index is 0.585. The number of hydrogen-bond acceptors (Lipinski definition) is 5. The molecule has 2 heterocycles. The molecule has 0 atom stereocenters. The standard InChI is InChI=1S/C13H15N3O2/c1-10-14-13(15-18-10)11-2-4-12(5-3-11)16-6-8-17-9-7-16/h2-5H,6-9H2,1H3. The van der Waals surface area contributed by atoms with Crippen LogP contribution in [0.25, 0.3) is 11.4 Å². The van der Waals surface area contributed by atoms with Crippen LogP contribution in [0.3, 0.4) is 0 Å². The van der Waals surface area contributed by atoms with Crippen LogP contribution in [-0.4, -0.2) is 36.4 Å². The van der Waals surface area contributed by atoms with Gasteiger partial charge in [-0.25, -0.2) is 0 Å². The Labute approximate surface area is 105 Å². The Bertz CT molecular complexity index is 515. The number of benzene rings is 1. The van der Waals surface area contributed by atoms with Gasteiger partial charge in [0.05, 0.1) is 13.2 Å². The van der Waals surface area contributed by atoms with Gasteiger partial charge in [0.2, 0.25) is 11.7 Å². The quantitative estimate of drug-likeness (QED) is 0.808. The molecule has 1 saturated heterocycles. The molecule has 1 aromatic carbocycles. The molecule has 5 nitrogen and oxygen atoms in total. The summed E-state index contributed by atoms with van der Waals surface area (Å²) >= 11 is 0. The van der Waals surface area contributed by atoms with E-state index >= 15 is 0 Å². The van der Waals surface area contributed by atoms with Gasteiger partial charge < -0.3 is 14.2 Å². The maximum absolute atomic E-state index is 5.34. The van der Waals surface area contributed by atoms with Crippen molar-refractivity contribution in [3.63, 3.8) is 0 Å². The predicted molar refractivity (Wildman–Crippen MR) is 67.5 cm³/mol. The van der Waals surface area contributed by atoms with Crippen LogP contribution in [0.1, 0.15) is 5.89 Å². The zero-order valence-electron chi connectivity index (χ0n) is 10.3. The highest BCUT2D eigenvalue weighted by atomic mass is 16.5. The molecule has 1 aliphatic rings. The van der Waals surface area contributed by atoms with Gasteiger partial charge in [-0.3, -0.25) is 0 Å². The van der Waals surface area contributed by atoms with Crippen molar-refractivity contribution in [2.45, 2.75) is 6.92 Å². The summed E-state index contributed by atoms with van der Waals surface area (Å²) in [6, 6.07) is 8.23. The fourth-order valence-corrected chi connectivity index (χ4v) is 2.06. The van der Waals surface area contributed by atoms with E-state index in [1.807, 2.05) is 12.1 Å². The topological polar surface area (TPSA) is 51.4 Å². The maximum atomic E-state index is 5.34. The van der Waals surface area contributed by atoms with Crippen LogP contribution < -0.4 is 4.90 Å². The van der Waals surface area contributed by atoms with Gasteiger partial charge in [0, 0.05) is 31.3 Å². The monoisotopic (exact) mass is 245 g/mol. The lowest BCUT2D eigenvalue weighted by atomic mass is 10.2. The van der Waals surface area contributed by atoms with Crippen LogP contribution in [0.2, 0.25) is 0 Å². The van der Waals surface area contributed by atoms with Crippen LogP contribution >= 0.6 is 0 Å². The second-order valence-electron chi connectivity index (χ2n) is 4.28. The number of anilines is 1. The summed E-state index contributed by atoms with van der Waals surface area (Å²) in [5.41, 5.74) is 2.19. The SMILES string of the molecule is Cc1nc(-c2ccc(N3CCOCC3)cc2)no1. The fourth-order valence-electron chi connectivity index (χ4n) is 2.06. The van der Waals surface area contributed by atoms with Crippen molar-refractivity contribution in [2.75, 3.05) is 31.2 Å². The van der Waals surface area contributed by atoms with Crippen LogP contribution in [0.4, 0.5) is 5.69 Å². The predicted octanol–water partition coefficient (Wildman–Crippen LogP) is 1.88. The van der Waals surface area contributed by atoms with Gasteiger partial charge in [0.15, 0.2) is 0 Å². The van der Waals surface area contributed by atoms with Gasteiger partial charge in [-0.2, -0.15) is 4.98 Å². The Morgan fingerprint density at radius 3 is 2.44 bits per heavy atom. The van der Waals surface area contributed by atoms with Gasteiger partial charge in [0.25, 0.3) is 0 Å². The summed E-state index contributed by atoms with van der Waals surface area (Å²) < 4.78 is 10.3. The molecule has 5 heteroatoms. The van der Waals surface area contributed by atoms with Gasteiger partial charge in [-0.05, 0) is 24.3 Å². The minimum Gasteiger partial charge on any atom is -0.378 e. The third kappa shape index (κ3) is 2.22. The van der Waals surface area contributed by atoms with E-state index in [0.717, 1.165) is 31.9 Å². The third-order valence-electron chi connectivity index (χ3n) is 3.03. The largest absolute Gasteiger partial charge is 0.378 e. The fraction of sp³-hybridized carbons (Fsp3) is 0.385. The lowest BCUT2D eigenvalue weighted by Gasteiger charge is -2.28. The molecule has 1 aromatic heterocycles. The highest BCUT2D eigenvalue weighted by Crippen LogP contribution is 2.21. The van der Waals surface area contributed by atoms with Crippen molar-refractivity contribution in [3.05, 3.63) is 30.2 Å². The number of aromatic nitrogens is 2. The summed E-state index contributed by atoms with van der Waals surface area (Å²) in [4.78, 5) is 6.53. The van der Waals surface area contributed by atoms with Gasteiger partial charge in [0.1, 0.15) is 0 Å². The van der Waals surface area contributed by atoms with E-state index in [-0.39, 0.29) is 0 Å². The second kappa shape index (κ2) is 4.78. The smallest absolute Gasteiger partial charge is 0.223 e. The molecule has 0 aliphatic carbocycles. The van der Waals surface area contributed by atoms with E-state index in [2.05, 4.69) is 27.2 Å². The molecule has 2 aromatic rings. The van der Waals surface area contributed by atoms with Gasteiger partial charge in [-0.15, -0.1) is 0 Å². The molecule has 0 bridgehead atoms. The number of nitrogens with zero attached hydrogens (tertiary/aromatic N) is 3. The molecule has 0 N–H and O–H groups in total. The molecule has 18 heavy (non-hydrogen) atoms. The first-order valence-electron chi connectivity index (χ1n) is 6.06. The highest BCUT2D eigenvalue weighted by molar-refractivity contribution is 5.60. The van der Waals surface area contributed by atoms with Crippen LogP contribution in [0.5, 0.6) is 0 Å². The normalized spacial score (nSPS) is 15.9. The summed E-state index contributed by atoms with van der Waals surface area (Å²) in [7, 11) is 0. The number of hydrogen-bond donors (Lipinski definition) is 0. The molecule has 3 rings (SSSR count). The van der Waals surface area contributed by atoms with Crippen molar-refractivity contribution < 1.29 is 9.26 Å². The minimum absolute atomic E-state index is 0.585. The summed E-state index contributed by atoms with van der Waals surface area (Å²) in [5.74, 6) is 1.23. The lowest BCUT2D eigenvalue weighted by molar-refractivity contribution is 0.122. The van der Waals surface area contributed by atoms with Crippen molar-refractivity contribution >= 4 is 5.69 Å². The highest BCUT2D eigenvalue weighted by Gasteiger charge is 2.12. The first-order valence-corrected chi connectivity index (χ1v) is 6.06. The Morgan fingerprint density at radius 2 is 1.83 bits per heavy atom. The van der Waals surface area contributed by atoms with Gasteiger partial charge in [-0.1, -0.05) is 5.16 Å². The molecule has 1 fully saturated rings. The number of rotatable bonds is 2. The van der Waals surface area contributed by atoms with E-state index < -0.39 is 0 Å². The summed E-state index contributed by atoms with van der Waals surface area (Å²) in [6.45, 7) is 5.28. The molecule has 1 aliphatic heterocycles. The molecular weight excluding hydrogens is 230 g/mol. The average Bonchev–Trinajstić information content (AvgIpc) is 2.87. The van der Waals surface area contributed by atoms with Gasteiger partial charge >= 0.3 is 0 Å². The van der Waals surface area contributed by atoms with Crippen molar-refractivity contribution in [1.82, 2.24) is 10.1 Å². The van der Waals surface area contributed by atoms with Crippen molar-refractivity contribution in [1.29, 1.82) is 0 Å². The van der Waals surface area contributed by atoms with Crippen LogP contribution in [-0.2, 0) is 4.74 Å². The van der Waals surface area contributed by atoms with E-state index in [4.69, 9.17) is 9.26 Å². The number of aryl methyl sites for hydroxylation is 1. The molecule has 0 radical (unpaired) electrons. The molecule has 0 saturated carbocycles. The summed E-state index contributed by atoms with van der Waals surface area (Å²) in [5, 5.41) is 3.91. The van der Waals surface area contributed by atoms with Crippen molar-refractivity contribution in [3.8, 4) is 11.4 Å². The Morgan fingerprint density at radius 1 is 1.11 bits per heavy atom. The third-order valence-corrected chi connectivity index (χ3v) is 3.03. The summed E-state index contributed by atoms with van der Waals surface area (Å²) in [6.07, 6.45) is 0. The Kier molecular flexibility index (Phi) is 2.98. The number of morpholine rings is 1. The second-order valence-corrected chi connectivity index (χ2v) is 4.28. The zero-order valence-corrected chi connectivity index (χ0v) is 10.3. The van der Waals surface area contributed by atoms with Crippen LogP contribution in [0.15, 0.2) is 28.8 Å². The Hall–Kier alpha value is -1.88. The zero-order chi connectivity index (χ0) is 12.4. The van der Waals surface area contributed by atoms with E-state index in [1.54, 1.807) is 6.92 Å². The van der Waals surface area contributed by atoms with Crippen molar-refractivity contribution in [2.24, 2.45) is 0 Å². The Balaban J connectivity index is 1.80. The molecular formula is C13H15N3O2. The maximum Gasteiger partial charge on any atom is 0.223 e. The molecule has 0 unspecified atom stereocenters. The lowest BCUT2D eigenvalue weighted by Crippen LogP contribution is -2.36. The first-order chi connectivity index (χ1) is 8.83. The number of ether oxygens (including phenoxy) is 1. The molecule has 0 amide bonds.